The van der Waals surface area contributed by atoms with Crippen LogP contribution in [-0.2, 0) is 11.3 Å². The fraction of sp³-hybridized carbons (Fsp3) is 0.351. The largest absolute Gasteiger partial charge is 0.370 e. The van der Waals surface area contributed by atoms with Crippen molar-refractivity contribution in [1.29, 1.82) is 0 Å². The first-order valence-corrected chi connectivity index (χ1v) is 17.2. The molecule has 0 spiro atoms. The summed E-state index contributed by atoms with van der Waals surface area (Å²) >= 11 is 0. The average molecular weight is 713 g/mol. The van der Waals surface area contributed by atoms with Crippen LogP contribution >= 0.6 is 0 Å². The van der Waals surface area contributed by atoms with E-state index in [-0.39, 0.29) is 53.7 Å². The number of urea groups is 1. The smallest absolute Gasteiger partial charge is 0.328 e. The highest BCUT2D eigenvalue weighted by molar-refractivity contribution is 6.05. The van der Waals surface area contributed by atoms with E-state index >= 15 is 8.78 Å². The molecule has 5 aromatic rings. The first-order valence-electron chi connectivity index (χ1n) is 17.2. The summed E-state index contributed by atoms with van der Waals surface area (Å²) in [4.78, 5) is 46.7. The van der Waals surface area contributed by atoms with Gasteiger partial charge in [-0.3, -0.25) is 19.9 Å². The molecule has 2 saturated heterocycles. The molecule has 3 aromatic heterocycles. The standard InChI is InChI=1S/C37H39F3N10O2/c1-21(2)50-22(3)43-35-29(39)15-24(16-31(35)50)34-30(40)19-42-36(46-34)44-32-8-7-27(18-41-32)48-12-9-25(10-13-48)47(4)20-23-5-6-26(17-28(23)38)49-14-11-33(51)45-37(49)52/h5-8,15-19,21,25H,9-14,20H2,1-4H3,(H,45,51,52)(H,41,42,44,46). The molecule has 52 heavy (non-hydrogen) atoms. The zero-order valence-electron chi connectivity index (χ0n) is 29.3. The lowest BCUT2D eigenvalue weighted by Gasteiger charge is -2.38. The van der Waals surface area contributed by atoms with Gasteiger partial charge in [0.15, 0.2) is 11.6 Å². The highest BCUT2D eigenvalue weighted by atomic mass is 19.1. The normalized spacial score (nSPS) is 15.6. The van der Waals surface area contributed by atoms with Crippen molar-refractivity contribution in [3.8, 4) is 11.3 Å². The number of carbonyl (C=O) groups excluding carboxylic acids is 2. The highest BCUT2D eigenvalue weighted by Gasteiger charge is 2.27. The van der Waals surface area contributed by atoms with E-state index in [1.54, 1.807) is 30.5 Å². The summed E-state index contributed by atoms with van der Waals surface area (Å²) in [5, 5.41) is 5.29. The lowest BCUT2D eigenvalue weighted by Crippen LogP contribution is -2.49. The number of aromatic nitrogens is 5. The number of benzene rings is 2. The van der Waals surface area contributed by atoms with Gasteiger partial charge < -0.3 is 14.8 Å². The Bertz CT molecular complexity index is 2150. The third-order valence-electron chi connectivity index (χ3n) is 9.72. The van der Waals surface area contributed by atoms with Crippen LogP contribution < -0.4 is 20.4 Å². The SMILES string of the molecule is Cc1nc2c(F)cc(-c3nc(Nc4ccc(N5CCC(N(C)Cc6ccc(N7CCC(=O)NC7=O)cc6F)CC5)cn4)ncc3F)cc2n1C(C)C. The molecule has 2 N–H and O–H groups in total. The third kappa shape index (κ3) is 7.00. The number of aryl methyl sites for hydroxylation is 1. The van der Waals surface area contributed by atoms with Crippen LogP contribution in [0.15, 0.2) is 54.9 Å². The Balaban J connectivity index is 0.962. The Morgan fingerprint density at radius 1 is 0.923 bits per heavy atom. The summed E-state index contributed by atoms with van der Waals surface area (Å²) in [7, 11) is 1.98. The fourth-order valence-corrected chi connectivity index (χ4v) is 7.05. The number of halogens is 3. The Hall–Kier alpha value is -5.57. The molecule has 12 nitrogen and oxygen atoms in total. The maximum atomic E-state index is 15.1. The number of hydrogen-bond acceptors (Lipinski definition) is 9. The molecular formula is C37H39F3N10O2. The zero-order valence-corrected chi connectivity index (χ0v) is 29.3. The van der Waals surface area contributed by atoms with Crippen molar-refractivity contribution in [1.82, 2.24) is 34.7 Å². The first-order chi connectivity index (χ1) is 24.9. The van der Waals surface area contributed by atoms with Gasteiger partial charge in [0, 0.05) is 61.5 Å². The highest BCUT2D eigenvalue weighted by Crippen LogP contribution is 2.31. The van der Waals surface area contributed by atoms with Crippen molar-refractivity contribution in [3.05, 3.63) is 83.7 Å². The number of amides is 3. The van der Waals surface area contributed by atoms with Gasteiger partial charge >= 0.3 is 6.03 Å². The second kappa shape index (κ2) is 14.2. The van der Waals surface area contributed by atoms with Crippen LogP contribution in [0, 0.1) is 24.4 Å². The number of nitrogens with zero attached hydrogens (tertiary/aromatic N) is 8. The van der Waals surface area contributed by atoms with Crippen molar-refractivity contribution in [2.24, 2.45) is 0 Å². The zero-order chi connectivity index (χ0) is 36.7. The Morgan fingerprint density at radius 3 is 2.38 bits per heavy atom. The number of fused-ring (bicyclic) bond motifs is 1. The van der Waals surface area contributed by atoms with E-state index in [0.717, 1.165) is 37.8 Å². The minimum Gasteiger partial charge on any atom is -0.370 e. The molecule has 15 heteroatoms. The summed E-state index contributed by atoms with van der Waals surface area (Å²) < 4.78 is 47.1. The van der Waals surface area contributed by atoms with E-state index in [1.807, 2.05) is 38.5 Å². The minimum absolute atomic E-state index is 0.0311. The van der Waals surface area contributed by atoms with Crippen LogP contribution in [0.25, 0.3) is 22.3 Å². The lowest BCUT2D eigenvalue weighted by molar-refractivity contribution is -0.120. The molecule has 0 radical (unpaired) electrons. The Morgan fingerprint density at radius 2 is 1.69 bits per heavy atom. The van der Waals surface area contributed by atoms with Crippen molar-refractivity contribution in [2.75, 3.05) is 41.8 Å². The molecule has 7 rings (SSSR count). The van der Waals surface area contributed by atoms with Crippen molar-refractivity contribution in [2.45, 2.75) is 58.7 Å². The van der Waals surface area contributed by atoms with Gasteiger partial charge in [-0.15, -0.1) is 0 Å². The maximum absolute atomic E-state index is 15.1. The predicted molar refractivity (Wildman–Crippen MR) is 192 cm³/mol. The average Bonchev–Trinajstić information content (AvgIpc) is 3.47. The number of carbonyl (C=O) groups is 2. The monoisotopic (exact) mass is 712 g/mol. The van der Waals surface area contributed by atoms with E-state index < -0.39 is 23.5 Å². The van der Waals surface area contributed by atoms with E-state index in [9.17, 15) is 14.0 Å². The first kappa shape index (κ1) is 34.9. The quantitative estimate of drug-likeness (QED) is 0.177. The second-order valence-electron chi connectivity index (χ2n) is 13.5. The molecule has 2 aliphatic heterocycles. The number of pyridine rings is 1. The van der Waals surface area contributed by atoms with Gasteiger partial charge in [-0.1, -0.05) is 6.07 Å². The van der Waals surface area contributed by atoms with Crippen molar-refractivity contribution >= 4 is 46.1 Å². The van der Waals surface area contributed by atoms with E-state index in [0.29, 0.717) is 35.0 Å². The molecule has 5 heterocycles. The minimum atomic E-state index is -0.681. The Kier molecular flexibility index (Phi) is 9.53. The van der Waals surface area contributed by atoms with Gasteiger partial charge in [0.2, 0.25) is 11.9 Å². The third-order valence-corrected chi connectivity index (χ3v) is 9.72. The summed E-state index contributed by atoms with van der Waals surface area (Å²) in [5.41, 5.74) is 2.93. The maximum Gasteiger partial charge on any atom is 0.328 e. The van der Waals surface area contributed by atoms with Gasteiger partial charge in [0.1, 0.15) is 28.7 Å². The van der Waals surface area contributed by atoms with Gasteiger partial charge in [-0.05, 0) is 77.1 Å². The van der Waals surface area contributed by atoms with Crippen LogP contribution in [-0.4, -0.2) is 74.1 Å². The van der Waals surface area contributed by atoms with Crippen LogP contribution in [0.3, 0.4) is 0 Å². The van der Waals surface area contributed by atoms with E-state index in [4.69, 9.17) is 0 Å². The number of anilines is 4. The van der Waals surface area contributed by atoms with Crippen molar-refractivity contribution in [3.63, 3.8) is 0 Å². The number of nitrogens with one attached hydrogen (secondary N) is 2. The van der Waals surface area contributed by atoms with E-state index in [2.05, 4.69) is 40.4 Å². The van der Waals surface area contributed by atoms with Crippen LogP contribution in [0.1, 0.15) is 50.5 Å². The molecule has 2 aliphatic rings. The second-order valence-corrected chi connectivity index (χ2v) is 13.5. The van der Waals surface area contributed by atoms with Crippen LogP contribution in [0.5, 0.6) is 0 Å². The number of imide groups is 1. The Labute approximate surface area is 298 Å². The summed E-state index contributed by atoms with van der Waals surface area (Å²) in [5.74, 6) is -0.710. The molecule has 0 atom stereocenters. The molecule has 0 aliphatic carbocycles. The summed E-state index contributed by atoms with van der Waals surface area (Å²) in [6.45, 7) is 7.97. The van der Waals surface area contributed by atoms with Gasteiger partial charge in [0.25, 0.3) is 0 Å². The number of hydrogen-bond donors (Lipinski definition) is 2. The summed E-state index contributed by atoms with van der Waals surface area (Å²) in [6, 6.07) is 11.2. The molecule has 2 fully saturated rings. The predicted octanol–water partition coefficient (Wildman–Crippen LogP) is 6.49. The molecular weight excluding hydrogens is 673 g/mol. The summed E-state index contributed by atoms with van der Waals surface area (Å²) in [6.07, 6.45) is 4.72. The van der Waals surface area contributed by atoms with Gasteiger partial charge in [-0.2, -0.15) is 0 Å². The molecule has 0 saturated carbocycles. The molecule has 0 bridgehead atoms. The molecule has 3 amide bonds. The number of imidazole rings is 1. The molecule has 0 unspecified atom stereocenters. The number of piperidine rings is 1. The number of rotatable bonds is 9. The fourth-order valence-electron chi connectivity index (χ4n) is 7.05. The van der Waals surface area contributed by atoms with Gasteiger partial charge in [-0.25, -0.2) is 37.9 Å². The lowest BCUT2D eigenvalue weighted by atomic mass is 10.0. The van der Waals surface area contributed by atoms with Crippen LogP contribution in [0.2, 0.25) is 0 Å². The van der Waals surface area contributed by atoms with Gasteiger partial charge in [0.05, 0.1) is 23.6 Å². The van der Waals surface area contributed by atoms with E-state index in [1.165, 1.54) is 17.0 Å². The molecule has 270 valence electrons. The molecule has 2 aromatic carbocycles. The van der Waals surface area contributed by atoms with Crippen molar-refractivity contribution < 1.29 is 22.8 Å². The topological polar surface area (TPSA) is 124 Å². The van der Waals surface area contributed by atoms with Crippen LogP contribution in [0.4, 0.5) is 41.1 Å².